The maximum atomic E-state index is 4.73. The van der Waals surface area contributed by atoms with Gasteiger partial charge in [-0.25, -0.2) is 4.98 Å². The Morgan fingerprint density at radius 3 is 2.61 bits per heavy atom. The zero-order valence-corrected chi connectivity index (χ0v) is 11.6. The van der Waals surface area contributed by atoms with Crippen molar-refractivity contribution in [2.45, 2.75) is 6.92 Å². The third-order valence-corrected chi connectivity index (χ3v) is 3.54. The molecule has 0 aliphatic rings. The first-order valence-electron chi connectivity index (χ1n) is 5.86. The topological polar surface area (TPSA) is 12.9 Å². The van der Waals surface area contributed by atoms with Crippen molar-refractivity contribution in [3.63, 3.8) is 0 Å². The largest absolute Gasteiger partial charge is 0.248 e. The summed E-state index contributed by atoms with van der Waals surface area (Å²) in [5, 5.41) is 1.22. The van der Waals surface area contributed by atoms with E-state index in [4.69, 9.17) is 4.98 Å². The number of benzene rings is 2. The highest BCUT2D eigenvalue weighted by Gasteiger charge is 2.04. The first-order chi connectivity index (χ1) is 8.74. The molecule has 0 saturated carbocycles. The normalized spacial score (nSPS) is 10.8. The molecule has 0 fully saturated rings. The van der Waals surface area contributed by atoms with Crippen molar-refractivity contribution >= 4 is 26.8 Å². The van der Waals surface area contributed by atoms with Gasteiger partial charge in [0.25, 0.3) is 0 Å². The zero-order valence-electron chi connectivity index (χ0n) is 10.0. The molecule has 0 atom stereocenters. The molecule has 0 spiro atoms. The van der Waals surface area contributed by atoms with Crippen LogP contribution in [0.4, 0.5) is 0 Å². The fourth-order valence-electron chi connectivity index (χ4n) is 2.15. The fraction of sp³-hybridized carbons (Fsp3) is 0.0625. The minimum Gasteiger partial charge on any atom is -0.248 e. The van der Waals surface area contributed by atoms with E-state index in [0.29, 0.717) is 0 Å². The number of halogens is 1. The van der Waals surface area contributed by atoms with E-state index in [-0.39, 0.29) is 0 Å². The van der Waals surface area contributed by atoms with Gasteiger partial charge in [0.2, 0.25) is 0 Å². The minimum absolute atomic E-state index is 1.02. The van der Waals surface area contributed by atoms with Crippen molar-refractivity contribution in [3.05, 3.63) is 64.6 Å². The molecule has 0 aliphatic carbocycles. The number of para-hydroxylation sites is 1. The second-order valence-corrected chi connectivity index (χ2v) is 5.27. The van der Waals surface area contributed by atoms with Crippen molar-refractivity contribution in [1.82, 2.24) is 4.98 Å². The van der Waals surface area contributed by atoms with Crippen LogP contribution in [0, 0.1) is 6.92 Å². The van der Waals surface area contributed by atoms with Crippen LogP contribution >= 0.6 is 15.9 Å². The van der Waals surface area contributed by atoms with E-state index in [1.54, 1.807) is 0 Å². The lowest BCUT2D eigenvalue weighted by Gasteiger charge is -2.06. The zero-order chi connectivity index (χ0) is 12.5. The summed E-state index contributed by atoms with van der Waals surface area (Å²) in [7, 11) is 0. The highest BCUT2D eigenvalue weighted by Crippen LogP contribution is 2.25. The van der Waals surface area contributed by atoms with Gasteiger partial charge in [-0.1, -0.05) is 46.3 Å². The second-order valence-electron chi connectivity index (χ2n) is 4.35. The smallest absolute Gasteiger partial charge is 0.0712 e. The van der Waals surface area contributed by atoms with Crippen molar-refractivity contribution < 1.29 is 0 Å². The Bertz CT molecular complexity index is 719. The maximum Gasteiger partial charge on any atom is 0.0712 e. The molecular formula is C16H12BrN. The Morgan fingerprint density at radius 1 is 0.944 bits per heavy atom. The summed E-state index contributed by atoms with van der Waals surface area (Å²) >= 11 is 3.50. The molecule has 1 heterocycles. The Hall–Kier alpha value is -1.67. The van der Waals surface area contributed by atoms with Gasteiger partial charge in [-0.05, 0) is 36.8 Å². The standard InChI is InChI=1S/C16H12BrN/c1-11-9-16(12-5-4-6-13(17)10-12)18-15-8-3-2-7-14(11)15/h2-10H,1H3. The average molecular weight is 298 g/mol. The molecule has 2 heteroatoms. The van der Waals surface area contributed by atoms with Crippen LogP contribution in [0.25, 0.3) is 22.2 Å². The van der Waals surface area contributed by atoms with Crippen molar-refractivity contribution in [3.8, 4) is 11.3 Å². The molecule has 18 heavy (non-hydrogen) atoms. The molecule has 0 aliphatic heterocycles. The summed E-state index contributed by atoms with van der Waals surface area (Å²) in [4.78, 5) is 4.73. The summed E-state index contributed by atoms with van der Waals surface area (Å²) in [6.07, 6.45) is 0. The number of hydrogen-bond donors (Lipinski definition) is 0. The third-order valence-electron chi connectivity index (χ3n) is 3.04. The number of aryl methyl sites for hydroxylation is 1. The average Bonchev–Trinajstić information content (AvgIpc) is 2.39. The second kappa shape index (κ2) is 4.54. The maximum absolute atomic E-state index is 4.73. The van der Waals surface area contributed by atoms with Gasteiger partial charge in [0, 0.05) is 15.4 Å². The highest BCUT2D eigenvalue weighted by atomic mass is 79.9. The molecule has 3 aromatic rings. The predicted octanol–water partition coefficient (Wildman–Crippen LogP) is 4.97. The van der Waals surface area contributed by atoms with E-state index in [2.05, 4.69) is 59.3 Å². The molecule has 88 valence electrons. The molecule has 0 bridgehead atoms. The first-order valence-corrected chi connectivity index (χ1v) is 6.66. The molecule has 0 N–H and O–H groups in total. The van der Waals surface area contributed by atoms with E-state index in [1.807, 2.05) is 18.2 Å². The van der Waals surface area contributed by atoms with E-state index in [1.165, 1.54) is 10.9 Å². The number of fused-ring (bicyclic) bond motifs is 1. The lowest BCUT2D eigenvalue weighted by atomic mass is 10.1. The van der Waals surface area contributed by atoms with Gasteiger partial charge in [0.15, 0.2) is 0 Å². The van der Waals surface area contributed by atoms with Gasteiger partial charge in [0.05, 0.1) is 11.2 Å². The van der Waals surface area contributed by atoms with Gasteiger partial charge < -0.3 is 0 Å². The fourth-order valence-corrected chi connectivity index (χ4v) is 2.54. The van der Waals surface area contributed by atoms with Gasteiger partial charge in [-0.3, -0.25) is 0 Å². The Labute approximate surface area is 115 Å². The highest BCUT2D eigenvalue weighted by molar-refractivity contribution is 9.10. The SMILES string of the molecule is Cc1cc(-c2cccc(Br)c2)nc2ccccc12. The van der Waals surface area contributed by atoms with Crippen LogP contribution in [0.5, 0.6) is 0 Å². The van der Waals surface area contributed by atoms with E-state index >= 15 is 0 Å². The molecule has 0 amide bonds. The van der Waals surface area contributed by atoms with E-state index in [9.17, 15) is 0 Å². The summed E-state index contributed by atoms with van der Waals surface area (Å²) < 4.78 is 1.08. The summed E-state index contributed by atoms with van der Waals surface area (Å²) in [6, 6.07) is 18.6. The molecule has 1 aromatic heterocycles. The van der Waals surface area contributed by atoms with Crippen LogP contribution in [0.1, 0.15) is 5.56 Å². The molecule has 0 saturated heterocycles. The third kappa shape index (κ3) is 2.04. The van der Waals surface area contributed by atoms with Crippen molar-refractivity contribution in [2.75, 3.05) is 0 Å². The van der Waals surface area contributed by atoms with Gasteiger partial charge in [0.1, 0.15) is 0 Å². The van der Waals surface area contributed by atoms with Gasteiger partial charge >= 0.3 is 0 Å². The quantitative estimate of drug-likeness (QED) is 0.618. The van der Waals surface area contributed by atoms with E-state index < -0.39 is 0 Å². The molecule has 3 rings (SSSR count). The molecule has 0 radical (unpaired) electrons. The van der Waals surface area contributed by atoms with Crippen LogP contribution in [0.3, 0.4) is 0 Å². The van der Waals surface area contributed by atoms with Gasteiger partial charge in [-0.15, -0.1) is 0 Å². The van der Waals surface area contributed by atoms with Crippen molar-refractivity contribution in [2.24, 2.45) is 0 Å². The van der Waals surface area contributed by atoms with Crippen LogP contribution < -0.4 is 0 Å². The summed E-state index contributed by atoms with van der Waals surface area (Å²) in [6.45, 7) is 2.13. The van der Waals surface area contributed by atoms with Gasteiger partial charge in [-0.2, -0.15) is 0 Å². The summed E-state index contributed by atoms with van der Waals surface area (Å²) in [5.41, 5.74) is 4.47. The molecule has 2 aromatic carbocycles. The number of pyridine rings is 1. The first kappa shape index (κ1) is 11.4. The van der Waals surface area contributed by atoms with Crippen LogP contribution in [-0.4, -0.2) is 4.98 Å². The molecule has 0 unspecified atom stereocenters. The lowest BCUT2D eigenvalue weighted by molar-refractivity contribution is 1.36. The Morgan fingerprint density at radius 2 is 1.78 bits per heavy atom. The number of aromatic nitrogens is 1. The number of nitrogens with zero attached hydrogens (tertiary/aromatic N) is 1. The Balaban J connectivity index is 2.24. The number of hydrogen-bond acceptors (Lipinski definition) is 1. The van der Waals surface area contributed by atoms with Crippen molar-refractivity contribution in [1.29, 1.82) is 0 Å². The molecule has 1 nitrogen and oxygen atoms in total. The van der Waals surface area contributed by atoms with Crippen LogP contribution in [0.2, 0.25) is 0 Å². The van der Waals surface area contributed by atoms with E-state index in [0.717, 1.165) is 21.2 Å². The number of rotatable bonds is 1. The minimum atomic E-state index is 1.02. The van der Waals surface area contributed by atoms with Crippen LogP contribution in [-0.2, 0) is 0 Å². The molecular weight excluding hydrogens is 286 g/mol. The monoisotopic (exact) mass is 297 g/mol. The lowest BCUT2D eigenvalue weighted by Crippen LogP contribution is -1.88. The van der Waals surface area contributed by atoms with Crippen LogP contribution in [0.15, 0.2) is 59.1 Å². The summed E-state index contributed by atoms with van der Waals surface area (Å²) in [5.74, 6) is 0. The predicted molar refractivity (Wildman–Crippen MR) is 79.6 cm³/mol. The Kier molecular flexibility index (Phi) is 2.88.